The lowest BCUT2D eigenvalue weighted by molar-refractivity contribution is -0.133. The lowest BCUT2D eigenvalue weighted by Crippen LogP contribution is -2.49. The zero-order chi connectivity index (χ0) is 17.9. The number of hydrogen-bond acceptors (Lipinski definition) is 5. The van der Waals surface area contributed by atoms with E-state index < -0.39 is 0 Å². The Kier molecular flexibility index (Phi) is 8.34. The van der Waals surface area contributed by atoms with E-state index in [0.717, 1.165) is 17.0 Å². The molecular formula is C19H20Cl3N3O2S. The SMILES string of the molecule is Cl.Cl.O=C(Cc1coc(-c2cccs2)n1)N1CCNCC1c1ccccc1Cl. The molecule has 0 spiro atoms. The van der Waals surface area contributed by atoms with E-state index in [9.17, 15) is 4.79 Å². The Hall–Kier alpha value is -1.57. The minimum atomic E-state index is -0.0754. The Morgan fingerprint density at radius 2 is 2.11 bits per heavy atom. The summed E-state index contributed by atoms with van der Waals surface area (Å²) in [6.45, 7) is 2.10. The van der Waals surface area contributed by atoms with Crippen molar-refractivity contribution in [3.63, 3.8) is 0 Å². The van der Waals surface area contributed by atoms with Gasteiger partial charge in [0, 0.05) is 24.7 Å². The first kappa shape index (κ1) is 22.7. The molecule has 1 aromatic carbocycles. The van der Waals surface area contributed by atoms with E-state index in [2.05, 4.69) is 10.3 Å². The van der Waals surface area contributed by atoms with E-state index in [1.165, 1.54) is 0 Å². The molecule has 3 aromatic rings. The first-order valence-corrected chi connectivity index (χ1v) is 9.71. The van der Waals surface area contributed by atoms with Crippen LogP contribution in [0.5, 0.6) is 0 Å². The first-order chi connectivity index (χ1) is 12.7. The van der Waals surface area contributed by atoms with Gasteiger partial charge < -0.3 is 14.6 Å². The molecule has 0 saturated carbocycles. The topological polar surface area (TPSA) is 58.4 Å². The van der Waals surface area contributed by atoms with Crippen molar-refractivity contribution in [2.24, 2.45) is 0 Å². The van der Waals surface area contributed by atoms with E-state index in [-0.39, 0.29) is 43.2 Å². The zero-order valence-electron chi connectivity index (χ0n) is 14.8. The summed E-state index contributed by atoms with van der Waals surface area (Å²) in [6.07, 6.45) is 1.79. The van der Waals surface area contributed by atoms with Gasteiger partial charge in [-0.05, 0) is 23.1 Å². The van der Waals surface area contributed by atoms with Gasteiger partial charge in [0.15, 0.2) is 0 Å². The van der Waals surface area contributed by atoms with Crippen molar-refractivity contribution in [2.45, 2.75) is 12.5 Å². The monoisotopic (exact) mass is 459 g/mol. The number of piperazine rings is 1. The van der Waals surface area contributed by atoms with Crippen molar-refractivity contribution in [3.8, 4) is 10.8 Å². The van der Waals surface area contributed by atoms with Crippen LogP contribution in [0.1, 0.15) is 17.3 Å². The fourth-order valence-electron chi connectivity index (χ4n) is 3.18. The number of halogens is 3. The maximum Gasteiger partial charge on any atom is 0.236 e. The Balaban J connectivity index is 0.00000140. The van der Waals surface area contributed by atoms with Crippen molar-refractivity contribution in [2.75, 3.05) is 19.6 Å². The van der Waals surface area contributed by atoms with Gasteiger partial charge in [0.05, 0.1) is 23.0 Å². The summed E-state index contributed by atoms with van der Waals surface area (Å²) in [5.74, 6) is 0.591. The number of hydrogen-bond donors (Lipinski definition) is 1. The predicted octanol–water partition coefficient (Wildman–Crippen LogP) is 4.62. The average molecular weight is 461 g/mol. The summed E-state index contributed by atoms with van der Waals surface area (Å²) in [4.78, 5) is 20.2. The van der Waals surface area contributed by atoms with Gasteiger partial charge in [-0.1, -0.05) is 35.9 Å². The molecule has 4 rings (SSSR count). The summed E-state index contributed by atoms with van der Waals surface area (Å²) >= 11 is 7.92. The van der Waals surface area contributed by atoms with Crippen molar-refractivity contribution in [3.05, 3.63) is 64.3 Å². The van der Waals surface area contributed by atoms with Crippen molar-refractivity contribution in [1.82, 2.24) is 15.2 Å². The predicted molar refractivity (Wildman–Crippen MR) is 117 cm³/mol. The molecule has 1 saturated heterocycles. The molecule has 3 heterocycles. The molecule has 1 aliphatic rings. The van der Waals surface area contributed by atoms with Crippen LogP contribution < -0.4 is 5.32 Å². The van der Waals surface area contributed by atoms with Gasteiger partial charge in [0.2, 0.25) is 11.8 Å². The van der Waals surface area contributed by atoms with Crippen LogP contribution in [0.15, 0.2) is 52.5 Å². The zero-order valence-corrected chi connectivity index (χ0v) is 18.0. The van der Waals surface area contributed by atoms with Crippen LogP contribution in [-0.2, 0) is 11.2 Å². The number of carbonyl (C=O) groups excluding carboxylic acids is 1. The molecule has 1 fully saturated rings. The van der Waals surface area contributed by atoms with Gasteiger partial charge in [-0.2, -0.15) is 0 Å². The molecule has 28 heavy (non-hydrogen) atoms. The number of amides is 1. The lowest BCUT2D eigenvalue weighted by atomic mass is 10.0. The van der Waals surface area contributed by atoms with Gasteiger partial charge >= 0.3 is 0 Å². The smallest absolute Gasteiger partial charge is 0.236 e. The minimum Gasteiger partial charge on any atom is -0.444 e. The van der Waals surface area contributed by atoms with E-state index in [1.54, 1.807) is 17.6 Å². The number of nitrogens with zero attached hydrogens (tertiary/aromatic N) is 2. The third-order valence-corrected chi connectivity index (χ3v) is 5.65. The Labute approximate surface area is 184 Å². The number of aromatic nitrogens is 1. The van der Waals surface area contributed by atoms with E-state index in [1.807, 2.05) is 46.7 Å². The Morgan fingerprint density at radius 3 is 2.86 bits per heavy atom. The summed E-state index contributed by atoms with van der Waals surface area (Å²) in [5.41, 5.74) is 1.61. The molecule has 150 valence electrons. The fourth-order valence-corrected chi connectivity index (χ4v) is 4.10. The molecule has 9 heteroatoms. The largest absolute Gasteiger partial charge is 0.444 e. The Morgan fingerprint density at radius 1 is 1.29 bits per heavy atom. The molecule has 1 N–H and O–H groups in total. The van der Waals surface area contributed by atoms with Crippen LogP contribution in [-0.4, -0.2) is 35.4 Å². The van der Waals surface area contributed by atoms with Crippen LogP contribution in [0.25, 0.3) is 10.8 Å². The van der Waals surface area contributed by atoms with Crippen LogP contribution in [0.3, 0.4) is 0 Å². The van der Waals surface area contributed by atoms with Gasteiger partial charge in [-0.15, -0.1) is 36.2 Å². The Bertz CT molecular complexity index is 901. The van der Waals surface area contributed by atoms with Gasteiger partial charge in [0.25, 0.3) is 0 Å². The second-order valence-electron chi connectivity index (χ2n) is 6.13. The van der Waals surface area contributed by atoms with E-state index in [0.29, 0.717) is 29.7 Å². The molecule has 0 radical (unpaired) electrons. The number of rotatable bonds is 4. The number of oxazole rings is 1. The normalized spacial score (nSPS) is 16.2. The third-order valence-electron chi connectivity index (χ3n) is 4.44. The number of nitrogens with one attached hydrogen (secondary N) is 1. The lowest BCUT2D eigenvalue weighted by Gasteiger charge is -2.37. The molecular weight excluding hydrogens is 441 g/mol. The maximum atomic E-state index is 12.9. The second kappa shape index (κ2) is 10.3. The summed E-state index contributed by atoms with van der Waals surface area (Å²) < 4.78 is 5.52. The van der Waals surface area contributed by atoms with Gasteiger partial charge in [-0.25, -0.2) is 4.98 Å². The minimum absolute atomic E-state index is 0. The van der Waals surface area contributed by atoms with Crippen LogP contribution in [0, 0.1) is 0 Å². The summed E-state index contributed by atoms with van der Waals surface area (Å²) in [7, 11) is 0. The molecule has 5 nitrogen and oxygen atoms in total. The molecule has 0 aliphatic carbocycles. The molecule has 1 unspecified atom stereocenters. The molecule has 1 aliphatic heterocycles. The standard InChI is InChI=1S/C19H18ClN3O2S.2ClH/c20-15-5-2-1-4-14(15)16-11-21-7-8-23(16)18(24)10-13-12-25-19(22-13)17-6-3-9-26-17;;/h1-6,9,12,16,21H,7-8,10-11H2;2*1H. The number of carbonyl (C=O) groups is 1. The summed E-state index contributed by atoms with van der Waals surface area (Å²) in [6, 6.07) is 11.5. The highest BCUT2D eigenvalue weighted by Gasteiger charge is 2.29. The van der Waals surface area contributed by atoms with Crippen LogP contribution >= 0.6 is 47.8 Å². The highest BCUT2D eigenvalue weighted by molar-refractivity contribution is 7.13. The molecule has 1 amide bonds. The molecule has 0 bridgehead atoms. The van der Waals surface area contributed by atoms with Gasteiger partial charge in [-0.3, -0.25) is 4.79 Å². The fraction of sp³-hybridized carbons (Fsp3) is 0.263. The van der Waals surface area contributed by atoms with E-state index in [4.69, 9.17) is 16.0 Å². The molecule has 1 atom stereocenters. The summed E-state index contributed by atoms with van der Waals surface area (Å²) in [5, 5.41) is 6.00. The number of thiophene rings is 1. The average Bonchev–Trinajstić information content (AvgIpc) is 3.34. The third kappa shape index (κ3) is 4.88. The van der Waals surface area contributed by atoms with Crippen LogP contribution in [0.4, 0.5) is 0 Å². The number of benzene rings is 1. The van der Waals surface area contributed by atoms with Gasteiger partial charge in [0.1, 0.15) is 6.26 Å². The second-order valence-corrected chi connectivity index (χ2v) is 7.48. The van der Waals surface area contributed by atoms with Crippen molar-refractivity contribution < 1.29 is 9.21 Å². The quantitative estimate of drug-likeness (QED) is 0.617. The molecule has 2 aromatic heterocycles. The van der Waals surface area contributed by atoms with Crippen molar-refractivity contribution >= 4 is 53.7 Å². The highest BCUT2D eigenvalue weighted by atomic mass is 35.5. The first-order valence-electron chi connectivity index (χ1n) is 8.45. The highest BCUT2D eigenvalue weighted by Crippen LogP contribution is 2.29. The van der Waals surface area contributed by atoms with Crippen LogP contribution in [0.2, 0.25) is 5.02 Å². The van der Waals surface area contributed by atoms with Crippen molar-refractivity contribution in [1.29, 1.82) is 0 Å². The maximum absolute atomic E-state index is 12.9. The van der Waals surface area contributed by atoms with E-state index >= 15 is 0 Å².